The summed E-state index contributed by atoms with van der Waals surface area (Å²) in [6, 6.07) is 19.0. The second-order valence-corrected chi connectivity index (χ2v) is 26.5. The average Bonchev–Trinajstić information content (AvgIpc) is 0.887. The second-order valence-electron chi connectivity index (χ2n) is 26.5. The molecule has 6 aromatic rings. The van der Waals surface area contributed by atoms with Gasteiger partial charge in [0.15, 0.2) is 52.8 Å². The van der Waals surface area contributed by atoms with Crippen molar-refractivity contribution < 1.29 is 81.9 Å². The number of nitriles is 2. The summed E-state index contributed by atoms with van der Waals surface area (Å²) < 4.78 is 57.1. The number of fused-ring (bicyclic) bond motifs is 18. The Bertz CT molecular complexity index is 4340. The van der Waals surface area contributed by atoms with E-state index in [0.29, 0.717) is 111 Å². The first-order chi connectivity index (χ1) is 47.6. The van der Waals surface area contributed by atoms with Gasteiger partial charge in [0.25, 0.3) is 0 Å². The van der Waals surface area contributed by atoms with Crippen LogP contribution in [-0.2, 0) is 62.4 Å². The summed E-state index contributed by atoms with van der Waals surface area (Å²) in [7, 11) is 8.75. The zero-order valence-electron chi connectivity index (χ0n) is 57.1. The summed E-state index contributed by atoms with van der Waals surface area (Å²) in [5.74, 6) is 3.37. The monoisotopic (exact) mass is 1350 g/mol. The number of aromatic hydroxyl groups is 3. The number of amides is 2. The van der Waals surface area contributed by atoms with Crippen molar-refractivity contribution in [1.29, 1.82) is 10.5 Å². The van der Waals surface area contributed by atoms with Crippen molar-refractivity contribution >= 4 is 23.8 Å². The minimum absolute atomic E-state index is 0.000296. The van der Waals surface area contributed by atoms with Crippen molar-refractivity contribution in [2.75, 3.05) is 68.9 Å². The number of rotatable bonds is 15. The molecule has 14 rings (SSSR count). The van der Waals surface area contributed by atoms with Gasteiger partial charge in [0, 0.05) is 103 Å². The topological polar surface area (TPSA) is 306 Å². The maximum atomic E-state index is 13.5. The molecule has 8 heterocycles. The molecule has 25 heteroatoms. The fourth-order valence-corrected chi connectivity index (χ4v) is 16.9. The Kier molecular flexibility index (Phi) is 18.4. The first kappa shape index (κ1) is 67.5. The number of hydrogen-bond acceptors (Lipinski definition) is 23. The lowest BCUT2D eigenvalue weighted by Gasteiger charge is -2.60. The second kappa shape index (κ2) is 27.0. The molecule has 0 aliphatic carbocycles. The van der Waals surface area contributed by atoms with E-state index in [1.165, 1.54) is 21.0 Å². The Morgan fingerprint density at radius 3 is 1.37 bits per heavy atom. The molecule has 5 N–H and O–H groups in total. The third-order valence-corrected chi connectivity index (χ3v) is 21.0. The first-order valence-corrected chi connectivity index (χ1v) is 33.0. The third-order valence-electron chi connectivity index (χ3n) is 21.0. The number of methoxy groups -OCH3 is 3. The van der Waals surface area contributed by atoms with Crippen LogP contribution in [0, 0.1) is 50.4 Å². The summed E-state index contributed by atoms with van der Waals surface area (Å²) in [5, 5.41) is 62.9. The molecular weight excluding hydrogens is 1270 g/mol. The molecule has 2 saturated heterocycles. The fraction of sp³-hybridized carbons (Fsp3) is 0.432. The first-order valence-electron chi connectivity index (χ1n) is 33.0. The predicted octanol–water partition coefficient (Wildman–Crippen LogP) is 7.29. The lowest BCUT2D eigenvalue weighted by atomic mass is 9.71. The van der Waals surface area contributed by atoms with Crippen LogP contribution in [0.3, 0.4) is 0 Å². The van der Waals surface area contributed by atoms with Gasteiger partial charge in [-0.1, -0.05) is 36.4 Å². The maximum absolute atomic E-state index is 13.5. The number of piperazine rings is 2. The molecular formula is C74H80N8O17. The third kappa shape index (κ3) is 11.7. The quantitative estimate of drug-likeness (QED) is 0.0383. The number of phenolic OH excluding ortho intramolecular Hbond substituents is 3. The highest BCUT2D eigenvalue weighted by Gasteiger charge is 2.59. The number of likely N-dealkylation sites (N-methyl/N-ethyl adjacent to an activating group) is 2. The normalized spacial score (nSPS) is 23.3. The van der Waals surface area contributed by atoms with Gasteiger partial charge >= 0.3 is 11.9 Å². The summed E-state index contributed by atoms with van der Waals surface area (Å²) in [4.78, 5) is 58.3. The molecule has 0 saturated carbocycles. The van der Waals surface area contributed by atoms with Gasteiger partial charge in [-0.15, -0.1) is 0 Å². The summed E-state index contributed by atoms with van der Waals surface area (Å²) >= 11 is 0. The van der Waals surface area contributed by atoms with Crippen molar-refractivity contribution in [2.24, 2.45) is 0 Å². The lowest BCUT2D eigenvalue weighted by Crippen LogP contribution is -2.68. The molecule has 518 valence electrons. The Morgan fingerprint density at radius 1 is 0.545 bits per heavy atom. The maximum Gasteiger partial charge on any atom is 0.308 e. The van der Waals surface area contributed by atoms with Crippen molar-refractivity contribution in [3.63, 3.8) is 0 Å². The molecule has 4 bridgehead atoms. The van der Waals surface area contributed by atoms with E-state index in [0.717, 1.165) is 44.5 Å². The number of esters is 2. The number of phenols is 3. The van der Waals surface area contributed by atoms with Crippen molar-refractivity contribution in [2.45, 2.75) is 140 Å². The van der Waals surface area contributed by atoms with Crippen LogP contribution in [0.4, 0.5) is 0 Å². The minimum atomic E-state index is -0.584. The van der Waals surface area contributed by atoms with E-state index in [2.05, 4.69) is 48.4 Å². The molecule has 0 radical (unpaired) electrons. The lowest BCUT2D eigenvalue weighted by molar-refractivity contribution is -0.132. The van der Waals surface area contributed by atoms with Crippen molar-refractivity contribution in [3.05, 3.63) is 139 Å². The van der Waals surface area contributed by atoms with Gasteiger partial charge < -0.3 is 73.3 Å². The SMILES string of the molecule is COCOc1c(OC)c(C)cc2c1[C@@H]1C3Cc4c(O)c(C)c5c(c4[C@H](CNC(=O)Cc4ccc(OC(C)=O)cc4)N3C(C#N)[C@H](C2)N1C)OCO5.COc1c(C)cc2c(c1O)[C@@H]1C3Cc4c(O)c(C)c5c(c4[C@H](CNC(=O)Cc4ccc(OC(C)=O)cc4)N3C(C#N)[C@H](C2)N1C)OCO5. The van der Waals surface area contributed by atoms with Crippen LogP contribution in [0.1, 0.15) is 116 Å². The largest absolute Gasteiger partial charge is 0.507 e. The van der Waals surface area contributed by atoms with Crippen LogP contribution < -0.4 is 53.3 Å². The van der Waals surface area contributed by atoms with Gasteiger partial charge in [0.2, 0.25) is 25.4 Å². The number of hydrogen-bond donors (Lipinski definition) is 5. The number of carbonyl (C=O) groups is 4. The van der Waals surface area contributed by atoms with Crippen molar-refractivity contribution in [1.82, 2.24) is 30.2 Å². The van der Waals surface area contributed by atoms with Crippen LogP contribution in [-0.4, -0.2) is 164 Å². The zero-order chi connectivity index (χ0) is 70.2. The van der Waals surface area contributed by atoms with E-state index < -0.39 is 36.1 Å². The number of nitrogens with one attached hydrogen (secondary N) is 2. The molecule has 6 aromatic carbocycles. The zero-order valence-corrected chi connectivity index (χ0v) is 57.1. The van der Waals surface area contributed by atoms with E-state index in [4.69, 9.17) is 47.4 Å². The summed E-state index contributed by atoms with van der Waals surface area (Å²) in [6.45, 7) is 10.4. The molecule has 10 atom stereocenters. The Balaban J connectivity index is 0.000000178. The van der Waals surface area contributed by atoms with E-state index >= 15 is 0 Å². The molecule has 4 unspecified atom stereocenters. The molecule has 0 spiro atoms. The molecule has 2 fully saturated rings. The van der Waals surface area contributed by atoms with Gasteiger partial charge in [-0.2, -0.15) is 10.5 Å². The average molecular weight is 1350 g/mol. The number of aryl methyl sites for hydroxylation is 2. The van der Waals surface area contributed by atoms with Crippen LogP contribution in [0.25, 0.3) is 0 Å². The van der Waals surface area contributed by atoms with Gasteiger partial charge in [0.05, 0.1) is 63.4 Å². The molecule has 2 amide bonds. The van der Waals surface area contributed by atoms with Crippen LogP contribution in [0.15, 0.2) is 60.7 Å². The van der Waals surface area contributed by atoms with E-state index in [1.807, 2.05) is 34.0 Å². The van der Waals surface area contributed by atoms with Crippen LogP contribution >= 0.6 is 0 Å². The molecule has 99 heavy (non-hydrogen) atoms. The predicted molar refractivity (Wildman–Crippen MR) is 355 cm³/mol. The molecule has 8 aliphatic rings. The fourth-order valence-electron chi connectivity index (χ4n) is 16.9. The number of ether oxygens (including phenoxy) is 10. The highest BCUT2D eigenvalue weighted by Crippen LogP contribution is 2.61. The standard InChI is InChI=1S/C38H42N4O9.C36H38N4O8/c1-19-11-23-13-26-28(15-39)42-27(33(41(26)4)31(23)37(35(19)47-6)48-17-46-5)14-25-32(38-36(49-18-50-38)20(2)34(25)45)29(42)16-40-30(44)12-22-7-9-24(10-8-22)51-21(3)43;1-17-10-21-12-24-26(14-37)40-25(31(39(24)4)29(21)33(44)34(17)45-5)13-23-30(36-35(46-16-47-36)18(2)32(23)43)27(40)15-38-28(42)11-20-6-8-22(9-7-20)48-19(3)41/h7-11,26-29,33,45H,12-14,16-18H2,1-6H3,(H,40,44);6-10,24-27,31,43-44H,11-13,15-16H2,1-5H3,(H,38,42)/t26-,27?,28?,29-,33-;24-,25?,26?,27-,31-/m00/s1. The van der Waals surface area contributed by atoms with Gasteiger partial charge in [-0.3, -0.25) is 38.8 Å². The smallest absolute Gasteiger partial charge is 0.308 e. The minimum Gasteiger partial charge on any atom is -0.507 e. The van der Waals surface area contributed by atoms with Crippen LogP contribution in [0.2, 0.25) is 0 Å². The van der Waals surface area contributed by atoms with E-state index in [1.54, 1.807) is 76.6 Å². The van der Waals surface area contributed by atoms with Gasteiger partial charge in [0.1, 0.15) is 35.1 Å². The molecule has 8 aliphatic heterocycles. The molecule has 25 nitrogen and oxygen atoms in total. The highest BCUT2D eigenvalue weighted by atomic mass is 16.7. The van der Waals surface area contributed by atoms with Gasteiger partial charge in [-0.05, 0) is 125 Å². The summed E-state index contributed by atoms with van der Waals surface area (Å²) in [5.41, 5.74) is 10.9. The number of nitrogens with zero attached hydrogens (tertiary/aromatic N) is 6. The molecule has 0 aromatic heterocycles. The highest BCUT2D eigenvalue weighted by molar-refractivity contribution is 5.80. The van der Waals surface area contributed by atoms with E-state index in [-0.39, 0.29) is 112 Å². The summed E-state index contributed by atoms with van der Waals surface area (Å²) in [6.07, 6.45) is 2.06. The Labute approximate surface area is 573 Å². The number of carbonyl (C=O) groups excluding carboxylic acids is 4. The Hall–Kier alpha value is -10.0. The Morgan fingerprint density at radius 2 is 0.960 bits per heavy atom. The van der Waals surface area contributed by atoms with E-state index in [9.17, 15) is 45.0 Å². The number of benzene rings is 6. The van der Waals surface area contributed by atoms with Gasteiger partial charge in [-0.25, -0.2) is 0 Å². The van der Waals surface area contributed by atoms with Crippen molar-refractivity contribution in [3.8, 4) is 81.1 Å². The van der Waals surface area contributed by atoms with Crippen LogP contribution in [0.5, 0.6) is 69.0 Å².